The molecule has 2 aliphatic heterocycles. The van der Waals surface area contributed by atoms with Gasteiger partial charge in [0.05, 0.1) is 10.6 Å². The maximum absolute atomic E-state index is 13.0. The van der Waals surface area contributed by atoms with Crippen molar-refractivity contribution in [3.05, 3.63) is 40.1 Å². The number of rotatable bonds is 1. The molecule has 1 aromatic carbocycles. The quantitative estimate of drug-likeness (QED) is 0.772. The van der Waals surface area contributed by atoms with E-state index in [1.165, 1.54) is 6.07 Å². The van der Waals surface area contributed by atoms with Gasteiger partial charge in [0.25, 0.3) is 0 Å². The van der Waals surface area contributed by atoms with Crippen LogP contribution >= 0.6 is 11.6 Å². The molecule has 1 aromatic rings. The summed E-state index contributed by atoms with van der Waals surface area (Å²) >= 11 is 5.66. The van der Waals surface area contributed by atoms with Crippen LogP contribution in [-0.2, 0) is 6.18 Å². The fourth-order valence-electron chi connectivity index (χ4n) is 2.39. The lowest BCUT2D eigenvalue weighted by Crippen LogP contribution is -2.30. The number of benzene rings is 1. The van der Waals surface area contributed by atoms with Gasteiger partial charge in [-0.3, -0.25) is 9.98 Å². The van der Waals surface area contributed by atoms with Gasteiger partial charge in [0, 0.05) is 42.4 Å². The Bertz CT molecular complexity index is 658. The number of hydrogen-bond donors (Lipinski definition) is 0. The molecule has 0 fully saturated rings. The van der Waals surface area contributed by atoms with Crippen molar-refractivity contribution in [3.63, 3.8) is 0 Å². The molecule has 0 atom stereocenters. The Labute approximate surface area is 124 Å². The Kier molecular flexibility index (Phi) is 3.49. The van der Waals surface area contributed by atoms with Crippen molar-refractivity contribution in [1.29, 1.82) is 0 Å². The van der Waals surface area contributed by atoms with Crippen molar-refractivity contribution in [2.24, 2.45) is 9.98 Å². The van der Waals surface area contributed by atoms with Gasteiger partial charge in [0.15, 0.2) is 0 Å². The molecule has 0 saturated heterocycles. The molecule has 3 nitrogen and oxygen atoms in total. The lowest BCUT2D eigenvalue weighted by molar-refractivity contribution is -0.137. The predicted molar refractivity (Wildman–Crippen MR) is 77.3 cm³/mol. The Morgan fingerprint density at radius 1 is 1.14 bits per heavy atom. The van der Waals surface area contributed by atoms with Crippen molar-refractivity contribution in [2.75, 3.05) is 18.1 Å². The molecule has 3 rings (SSSR count). The van der Waals surface area contributed by atoms with Gasteiger partial charge in [-0.15, -0.1) is 0 Å². The number of halogens is 4. The van der Waals surface area contributed by atoms with Crippen molar-refractivity contribution < 1.29 is 13.2 Å². The zero-order valence-electron chi connectivity index (χ0n) is 10.9. The monoisotopic (exact) mass is 313 g/mol. The third kappa shape index (κ3) is 2.68. The second kappa shape index (κ2) is 5.18. The first-order valence-corrected chi connectivity index (χ1v) is 6.72. The highest BCUT2D eigenvalue weighted by atomic mass is 35.5. The lowest BCUT2D eigenvalue weighted by atomic mass is 10.1. The molecule has 7 heteroatoms. The first kappa shape index (κ1) is 14.1. The fourth-order valence-corrected chi connectivity index (χ4v) is 2.62. The van der Waals surface area contributed by atoms with Gasteiger partial charge >= 0.3 is 6.18 Å². The smallest absolute Gasteiger partial charge is 0.324 e. The molecule has 21 heavy (non-hydrogen) atoms. The Morgan fingerprint density at radius 2 is 1.90 bits per heavy atom. The van der Waals surface area contributed by atoms with E-state index in [1.54, 1.807) is 23.4 Å². The van der Waals surface area contributed by atoms with Gasteiger partial charge in [0.2, 0.25) is 0 Å². The third-order valence-corrected chi connectivity index (χ3v) is 3.72. The number of aliphatic imine (C=N–C) groups is 2. The maximum Gasteiger partial charge on any atom is 0.417 e. The lowest BCUT2D eigenvalue weighted by Gasteiger charge is -2.31. The van der Waals surface area contributed by atoms with E-state index in [2.05, 4.69) is 9.98 Å². The minimum atomic E-state index is -4.47. The minimum Gasteiger partial charge on any atom is -0.324 e. The van der Waals surface area contributed by atoms with Gasteiger partial charge in [-0.05, 0) is 18.2 Å². The fraction of sp³-hybridized carbons (Fsp3) is 0.286. The third-order valence-electron chi connectivity index (χ3n) is 3.39. The van der Waals surface area contributed by atoms with Gasteiger partial charge in [-0.1, -0.05) is 11.6 Å². The molecule has 0 spiro atoms. The van der Waals surface area contributed by atoms with Gasteiger partial charge in [-0.25, -0.2) is 0 Å². The Morgan fingerprint density at radius 3 is 2.67 bits per heavy atom. The average molecular weight is 314 g/mol. The van der Waals surface area contributed by atoms with Crippen LogP contribution < -0.4 is 4.90 Å². The van der Waals surface area contributed by atoms with Crippen molar-refractivity contribution in [3.8, 4) is 0 Å². The van der Waals surface area contributed by atoms with Crippen LogP contribution in [0.1, 0.15) is 12.0 Å². The van der Waals surface area contributed by atoms with Gasteiger partial charge < -0.3 is 4.90 Å². The summed E-state index contributed by atoms with van der Waals surface area (Å²) < 4.78 is 38.9. The molecular weight excluding hydrogens is 303 g/mol. The van der Waals surface area contributed by atoms with Crippen molar-refractivity contribution >= 4 is 29.7 Å². The number of anilines is 1. The Hall–Kier alpha value is -1.82. The predicted octanol–water partition coefficient (Wildman–Crippen LogP) is 3.94. The minimum absolute atomic E-state index is 0.297. The first-order valence-electron chi connectivity index (χ1n) is 6.34. The molecule has 0 saturated carbocycles. The summed E-state index contributed by atoms with van der Waals surface area (Å²) in [5, 5.41) is -0.300. The molecule has 2 heterocycles. The van der Waals surface area contributed by atoms with Gasteiger partial charge in [-0.2, -0.15) is 13.2 Å². The van der Waals surface area contributed by atoms with Crippen LogP contribution in [0.3, 0.4) is 0 Å². The SMILES string of the molecule is FC(F)(F)c1cc(N2CN=CC3=C2CCN=C3)ccc1Cl. The highest BCUT2D eigenvalue weighted by Gasteiger charge is 2.34. The summed E-state index contributed by atoms with van der Waals surface area (Å²) in [6.45, 7) is 0.925. The zero-order valence-corrected chi connectivity index (χ0v) is 11.6. The van der Waals surface area contributed by atoms with Crippen LogP contribution in [0.15, 0.2) is 39.5 Å². The largest absolute Gasteiger partial charge is 0.417 e. The molecule has 0 bridgehead atoms. The summed E-state index contributed by atoms with van der Waals surface area (Å²) in [5.74, 6) is 0. The van der Waals surface area contributed by atoms with Crippen LogP contribution in [0.25, 0.3) is 0 Å². The van der Waals surface area contributed by atoms with E-state index in [0.29, 0.717) is 25.3 Å². The molecule has 0 amide bonds. The standard InChI is InChI=1S/C14H11ClF3N3/c15-12-2-1-10(5-11(12)14(16,17)18)21-8-20-7-9-6-19-4-3-13(9)21/h1-2,5-7H,3-4,8H2. The Balaban J connectivity index is 2.03. The molecule has 0 unspecified atom stereocenters. The van der Waals surface area contributed by atoms with E-state index in [4.69, 9.17) is 11.6 Å². The van der Waals surface area contributed by atoms with E-state index in [1.807, 2.05) is 0 Å². The molecule has 0 N–H and O–H groups in total. The van der Waals surface area contributed by atoms with Crippen molar-refractivity contribution in [1.82, 2.24) is 0 Å². The molecule has 0 radical (unpaired) electrons. The summed E-state index contributed by atoms with van der Waals surface area (Å²) in [6.07, 6.45) is -0.386. The molecular formula is C14H11ClF3N3. The normalized spacial score (nSPS) is 18.2. The van der Waals surface area contributed by atoms with Crippen LogP contribution in [0.2, 0.25) is 5.02 Å². The van der Waals surface area contributed by atoms with Gasteiger partial charge in [0.1, 0.15) is 6.67 Å². The number of hydrogen-bond acceptors (Lipinski definition) is 3. The number of dihydropyridines is 1. The zero-order chi connectivity index (χ0) is 15.0. The molecule has 0 aromatic heterocycles. The topological polar surface area (TPSA) is 28.0 Å². The summed E-state index contributed by atoms with van der Waals surface area (Å²) in [6, 6.07) is 3.92. The summed E-state index contributed by atoms with van der Waals surface area (Å²) in [4.78, 5) is 10.1. The van der Waals surface area contributed by atoms with Crippen LogP contribution in [-0.4, -0.2) is 25.6 Å². The van der Waals surface area contributed by atoms with E-state index in [9.17, 15) is 13.2 Å². The van der Waals surface area contributed by atoms with Crippen LogP contribution in [0.5, 0.6) is 0 Å². The van der Waals surface area contributed by atoms with Crippen LogP contribution in [0, 0.1) is 0 Å². The second-order valence-electron chi connectivity index (χ2n) is 4.73. The van der Waals surface area contributed by atoms with E-state index in [0.717, 1.165) is 17.3 Å². The van der Waals surface area contributed by atoms with E-state index in [-0.39, 0.29) is 5.02 Å². The maximum atomic E-state index is 13.0. The average Bonchev–Trinajstić information content (AvgIpc) is 2.46. The molecule has 110 valence electrons. The summed E-state index contributed by atoms with van der Waals surface area (Å²) in [7, 11) is 0. The second-order valence-corrected chi connectivity index (χ2v) is 5.14. The molecule has 0 aliphatic carbocycles. The number of nitrogens with zero attached hydrogens (tertiary/aromatic N) is 3. The summed E-state index contributed by atoms with van der Waals surface area (Å²) in [5.41, 5.74) is 1.39. The van der Waals surface area contributed by atoms with Crippen LogP contribution in [0.4, 0.5) is 18.9 Å². The van der Waals surface area contributed by atoms with Crippen molar-refractivity contribution in [2.45, 2.75) is 12.6 Å². The number of allylic oxidation sites excluding steroid dienone is 1. The van der Waals surface area contributed by atoms with E-state index >= 15 is 0 Å². The van der Waals surface area contributed by atoms with E-state index < -0.39 is 11.7 Å². The molecule has 2 aliphatic rings. The highest BCUT2D eigenvalue weighted by Crippen LogP contribution is 2.38. The highest BCUT2D eigenvalue weighted by molar-refractivity contribution is 6.31. The first-order chi connectivity index (χ1) is 9.97. The number of alkyl halides is 3.